The van der Waals surface area contributed by atoms with Crippen LogP contribution in [0, 0.1) is 0 Å². The standard InChI is InChI=1S/C26H27N3O4S/c27-15-18-6-7-21-20(14-18)26(17-29(21)24(30)16-34-32)10-12-28(13-11-26)25(31)23-9-8-22(33-23)19-4-2-1-3-5-19/h1-9,14,32H,10-13,15-17,27H2. The lowest BCUT2D eigenvalue weighted by Crippen LogP contribution is -2.48. The van der Waals surface area contributed by atoms with Crippen molar-refractivity contribution in [1.29, 1.82) is 0 Å². The van der Waals surface area contributed by atoms with Gasteiger partial charge in [-0.25, -0.2) is 0 Å². The highest BCUT2D eigenvalue weighted by Gasteiger charge is 2.47. The van der Waals surface area contributed by atoms with Gasteiger partial charge in [0.25, 0.3) is 5.91 Å². The van der Waals surface area contributed by atoms with E-state index in [2.05, 4.69) is 6.07 Å². The summed E-state index contributed by atoms with van der Waals surface area (Å²) in [6, 6.07) is 19.3. The van der Waals surface area contributed by atoms with Gasteiger partial charge in [0, 0.05) is 42.8 Å². The van der Waals surface area contributed by atoms with Gasteiger partial charge in [-0.15, -0.1) is 0 Å². The molecular weight excluding hydrogens is 450 g/mol. The summed E-state index contributed by atoms with van der Waals surface area (Å²) < 4.78 is 15.1. The summed E-state index contributed by atoms with van der Waals surface area (Å²) in [6.45, 7) is 2.12. The first-order valence-electron chi connectivity index (χ1n) is 11.4. The monoisotopic (exact) mass is 477 g/mol. The summed E-state index contributed by atoms with van der Waals surface area (Å²) in [5.41, 5.74) is 9.61. The van der Waals surface area contributed by atoms with Crippen molar-refractivity contribution >= 4 is 29.5 Å². The molecule has 3 N–H and O–H groups in total. The van der Waals surface area contributed by atoms with Crippen molar-refractivity contribution in [3.63, 3.8) is 0 Å². The van der Waals surface area contributed by atoms with Crippen molar-refractivity contribution in [2.24, 2.45) is 5.73 Å². The van der Waals surface area contributed by atoms with E-state index in [1.54, 1.807) is 11.0 Å². The summed E-state index contributed by atoms with van der Waals surface area (Å²) in [4.78, 5) is 29.5. The summed E-state index contributed by atoms with van der Waals surface area (Å²) in [6.07, 6.45) is 1.48. The third-order valence-corrected chi connectivity index (χ3v) is 7.37. The van der Waals surface area contributed by atoms with Crippen molar-refractivity contribution in [2.75, 3.05) is 30.3 Å². The number of hydrogen-bond acceptors (Lipinski definition) is 6. The number of fused-ring (bicyclic) bond motifs is 2. The number of amides is 2. The van der Waals surface area contributed by atoms with Crippen molar-refractivity contribution in [1.82, 2.24) is 4.90 Å². The van der Waals surface area contributed by atoms with Gasteiger partial charge in [-0.3, -0.25) is 9.59 Å². The van der Waals surface area contributed by atoms with E-state index in [4.69, 9.17) is 10.2 Å². The first-order valence-corrected chi connectivity index (χ1v) is 12.3. The third-order valence-electron chi connectivity index (χ3n) is 6.99. The topological polar surface area (TPSA) is 100 Å². The Balaban J connectivity index is 1.35. The second kappa shape index (κ2) is 9.29. The number of benzene rings is 2. The van der Waals surface area contributed by atoms with Crippen LogP contribution in [0.3, 0.4) is 0 Å². The Morgan fingerprint density at radius 1 is 1.06 bits per heavy atom. The molecule has 0 radical (unpaired) electrons. The van der Waals surface area contributed by atoms with Crippen LogP contribution < -0.4 is 10.6 Å². The zero-order valence-corrected chi connectivity index (χ0v) is 19.6. The van der Waals surface area contributed by atoms with Gasteiger partial charge in [0.15, 0.2) is 5.76 Å². The van der Waals surface area contributed by atoms with Crippen LogP contribution >= 0.6 is 12.0 Å². The Hall–Kier alpha value is -3.07. The number of hydrogen-bond donors (Lipinski definition) is 2. The Kier molecular flexibility index (Phi) is 6.20. The van der Waals surface area contributed by atoms with Gasteiger partial charge >= 0.3 is 0 Å². The van der Waals surface area contributed by atoms with Gasteiger partial charge in [-0.2, -0.15) is 0 Å². The minimum Gasteiger partial charge on any atom is -0.451 e. The van der Waals surface area contributed by atoms with Crippen LogP contribution in [0.25, 0.3) is 11.3 Å². The molecule has 1 fully saturated rings. The molecule has 3 heterocycles. The molecule has 1 saturated heterocycles. The van der Waals surface area contributed by atoms with Gasteiger partial charge < -0.3 is 24.5 Å². The van der Waals surface area contributed by atoms with Gasteiger partial charge in [0.05, 0.1) is 5.75 Å². The van der Waals surface area contributed by atoms with E-state index < -0.39 is 0 Å². The fourth-order valence-electron chi connectivity index (χ4n) is 5.13. The van der Waals surface area contributed by atoms with Crippen molar-refractivity contribution in [3.05, 3.63) is 77.6 Å². The lowest BCUT2D eigenvalue weighted by Gasteiger charge is -2.39. The number of rotatable bonds is 5. The molecule has 1 spiro atoms. The largest absolute Gasteiger partial charge is 0.451 e. The number of likely N-dealkylation sites (tertiary alicyclic amines) is 1. The molecule has 34 heavy (non-hydrogen) atoms. The molecule has 8 heteroatoms. The fraction of sp³-hybridized carbons (Fsp3) is 0.308. The minimum absolute atomic E-state index is 0.0149. The minimum atomic E-state index is -0.231. The highest BCUT2D eigenvalue weighted by Crippen LogP contribution is 2.47. The lowest BCUT2D eigenvalue weighted by molar-refractivity contribution is -0.116. The molecule has 0 bridgehead atoms. The van der Waals surface area contributed by atoms with Crippen LogP contribution in [0.15, 0.2) is 65.1 Å². The maximum Gasteiger partial charge on any atom is 0.289 e. The average Bonchev–Trinajstić information content (AvgIpc) is 3.49. The number of furan rings is 1. The number of nitrogens with zero attached hydrogens (tertiary/aromatic N) is 2. The molecule has 0 saturated carbocycles. The van der Waals surface area contributed by atoms with E-state index in [1.807, 2.05) is 53.4 Å². The van der Waals surface area contributed by atoms with Gasteiger partial charge in [0.2, 0.25) is 5.91 Å². The molecule has 5 rings (SSSR count). The van der Waals surface area contributed by atoms with E-state index >= 15 is 0 Å². The molecule has 0 atom stereocenters. The summed E-state index contributed by atoms with van der Waals surface area (Å²) >= 11 is 0.542. The molecule has 1 aromatic heterocycles. The Labute approximate surface area is 202 Å². The van der Waals surface area contributed by atoms with Crippen molar-refractivity contribution in [2.45, 2.75) is 24.8 Å². The number of carbonyl (C=O) groups excluding carboxylic acids is 2. The molecule has 0 unspecified atom stereocenters. The van der Waals surface area contributed by atoms with Gasteiger partial charge in [-0.05, 0) is 54.2 Å². The van der Waals surface area contributed by atoms with E-state index in [0.717, 1.165) is 35.2 Å². The van der Waals surface area contributed by atoms with E-state index in [1.165, 1.54) is 0 Å². The fourth-order valence-corrected chi connectivity index (χ4v) is 5.40. The maximum atomic E-state index is 13.2. The average molecular weight is 478 g/mol. The number of anilines is 1. The van der Waals surface area contributed by atoms with E-state index in [0.29, 0.717) is 49.7 Å². The Morgan fingerprint density at radius 3 is 2.53 bits per heavy atom. The van der Waals surface area contributed by atoms with Crippen LogP contribution in [-0.2, 0) is 16.8 Å². The normalized spacial score (nSPS) is 16.6. The smallest absolute Gasteiger partial charge is 0.289 e. The maximum absolute atomic E-state index is 13.2. The lowest BCUT2D eigenvalue weighted by atomic mass is 9.74. The Morgan fingerprint density at radius 2 is 1.82 bits per heavy atom. The highest BCUT2D eigenvalue weighted by molar-refractivity contribution is 7.94. The molecule has 2 amide bonds. The third kappa shape index (κ3) is 4.02. The molecule has 3 aromatic rings. The quantitative estimate of drug-likeness (QED) is 0.536. The first kappa shape index (κ1) is 22.7. The number of piperidine rings is 1. The van der Waals surface area contributed by atoms with Crippen LogP contribution in [-0.4, -0.2) is 46.7 Å². The van der Waals surface area contributed by atoms with Crippen LogP contribution in [0.1, 0.15) is 34.5 Å². The molecule has 176 valence electrons. The second-order valence-corrected chi connectivity index (χ2v) is 9.46. The second-order valence-electron chi connectivity index (χ2n) is 8.91. The van der Waals surface area contributed by atoms with Crippen molar-refractivity contribution in [3.8, 4) is 11.3 Å². The number of nitrogens with two attached hydrogens (primary N) is 1. The summed E-state index contributed by atoms with van der Waals surface area (Å²) in [5, 5.41) is 0. The van der Waals surface area contributed by atoms with Crippen LogP contribution in [0.2, 0.25) is 0 Å². The molecule has 2 aliphatic rings. The highest BCUT2D eigenvalue weighted by atomic mass is 32.2. The first-order chi connectivity index (χ1) is 16.5. The molecule has 7 nitrogen and oxygen atoms in total. The SMILES string of the molecule is NCc1ccc2c(c1)C1(CCN(C(=O)c3ccc(-c4ccccc4)o3)CC1)CN2C(=O)CSO. The zero-order chi connectivity index (χ0) is 23.7. The molecule has 2 aromatic carbocycles. The van der Waals surface area contributed by atoms with Crippen molar-refractivity contribution < 1.29 is 18.6 Å². The van der Waals surface area contributed by atoms with Gasteiger partial charge in [-0.1, -0.05) is 42.5 Å². The van der Waals surface area contributed by atoms with Crippen LogP contribution in [0.5, 0.6) is 0 Å². The number of carbonyl (C=O) groups is 2. The van der Waals surface area contributed by atoms with Gasteiger partial charge in [0.1, 0.15) is 5.76 Å². The molecule has 2 aliphatic heterocycles. The molecule has 0 aliphatic carbocycles. The Bertz CT molecular complexity index is 1200. The molecular formula is C26H27N3O4S. The van der Waals surface area contributed by atoms with Crippen LogP contribution in [0.4, 0.5) is 5.69 Å². The predicted octanol–water partition coefficient (Wildman–Crippen LogP) is 4.13. The zero-order valence-electron chi connectivity index (χ0n) is 18.8. The summed E-state index contributed by atoms with van der Waals surface area (Å²) in [7, 11) is 0. The predicted molar refractivity (Wildman–Crippen MR) is 133 cm³/mol. The van der Waals surface area contributed by atoms with E-state index in [-0.39, 0.29) is 23.0 Å². The van der Waals surface area contributed by atoms with E-state index in [9.17, 15) is 14.1 Å². The summed E-state index contributed by atoms with van der Waals surface area (Å²) in [5.74, 6) is 0.793.